The van der Waals surface area contributed by atoms with Crippen molar-refractivity contribution in [3.63, 3.8) is 0 Å². The monoisotopic (exact) mass is 121 g/mol. The molecule has 1 fully saturated rings. The minimum Gasteiger partial charge on any atom is -0.336 e. The third kappa shape index (κ3) is 1.33. The number of terminal acetylenes is 1. The summed E-state index contributed by atoms with van der Waals surface area (Å²) in [5.74, 6) is 3.03. The maximum absolute atomic E-state index is 9.91. The van der Waals surface area contributed by atoms with Gasteiger partial charge in [0.25, 0.3) is 7.41 Å². The lowest BCUT2D eigenvalue weighted by molar-refractivity contribution is 0.259. The van der Waals surface area contributed by atoms with Crippen LogP contribution in [0.15, 0.2) is 0 Å². The van der Waals surface area contributed by atoms with Gasteiger partial charge >= 0.3 is 0 Å². The van der Waals surface area contributed by atoms with E-state index in [-0.39, 0.29) is 0 Å². The van der Waals surface area contributed by atoms with E-state index in [1.807, 2.05) is 4.81 Å². The maximum atomic E-state index is 9.91. The Hall–Kier alpha value is -0.745. The van der Waals surface area contributed by atoms with Gasteiger partial charge in [0.1, 0.15) is 0 Å². The van der Waals surface area contributed by atoms with E-state index in [0.29, 0.717) is 13.3 Å². The van der Waals surface area contributed by atoms with Gasteiger partial charge in [-0.25, -0.2) is 0 Å². The largest absolute Gasteiger partial charge is 0.336 e. The van der Waals surface area contributed by atoms with Gasteiger partial charge in [-0.15, -0.1) is 12.3 Å². The lowest BCUT2D eigenvalue weighted by atomic mass is 9.85. The van der Waals surface area contributed by atoms with E-state index in [0.717, 1.165) is 19.3 Å². The van der Waals surface area contributed by atoms with Crippen molar-refractivity contribution >= 4 is 13.6 Å². The van der Waals surface area contributed by atoms with Crippen LogP contribution in [0.5, 0.6) is 0 Å². The fraction of sp³-hybridized carbons (Fsp3) is 0.500. The summed E-state index contributed by atoms with van der Waals surface area (Å²) in [4.78, 5) is 11.9. The van der Waals surface area contributed by atoms with Crippen LogP contribution >= 0.6 is 0 Å². The van der Waals surface area contributed by atoms with Crippen molar-refractivity contribution in [1.82, 2.24) is 4.81 Å². The zero-order chi connectivity index (χ0) is 6.69. The van der Waals surface area contributed by atoms with E-state index >= 15 is 0 Å². The summed E-state index contributed by atoms with van der Waals surface area (Å²) in [6.45, 7) is 1.80. The normalized spacial score (nSPS) is 19.9. The molecule has 1 heterocycles. The Morgan fingerprint density at radius 1 is 1.78 bits per heavy atom. The molecule has 0 amide bonds. The molecule has 0 radical (unpaired) electrons. The van der Waals surface area contributed by atoms with Crippen LogP contribution in [0.25, 0.3) is 0 Å². The molecule has 0 spiro atoms. The smallest absolute Gasteiger partial charge is 0.281 e. The Labute approximate surface area is 55.5 Å². The average molecular weight is 121 g/mol. The van der Waals surface area contributed by atoms with Crippen molar-refractivity contribution in [1.29, 1.82) is 0 Å². The van der Waals surface area contributed by atoms with E-state index in [4.69, 9.17) is 6.42 Å². The molecule has 0 bridgehead atoms. The first-order chi connectivity index (χ1) is 4.36. The fourth-order valence-electron chi connectivity index (χ4n) is 0.930. The number of hydrogen-bond donors (Lipinski definition) is 0. The number of carbonyl (C=O) groups excluding carboxylic acids is 1. The molecule has 0 saturated carbocycles. The van der Waals surface area contributed by atoms with Gasteiger partial charge < -0.3 is 9.61 Å². The molecule has 9 heavy (non-hydrogen) atoms. The summed E-state index contributed by atoms with van der Waals surface area (Å²) in [5, 5.41) is 0. The van der Waals surface area contributed by atoms with E-state index in [1.165, 1.54) is 0 Å². The molecule has 0 aromatic carbocycles. The molecule has 0 aliphatic carbocycles. The molecular weight excluding hydrogens is 113 g/mol. The summed E-state index contributed by atoms with van der Waals surface area (Å²) in [7, 11) is 0.540. The highest BCUT2D eigenvalue weighted by Gasteiger charge is 2.23. The summed E-state index contributed by atoms with van der Waals surface area (Å²) >= 11 is 0. The summed E-state index contributed by atoms with van der Waals surface area (Å²) in [5.41, 5.74) is 0. The molecule has 1 saturated heterocycles. The van der Waals surface area contributed by atoms with Crippen LogP contribution in [-0.2, 0) is 4.79 Å². The zero-order valence-electron chi connectivity index (χ0n) is 5.21. The third-order valence-electron chi connectivity index (χ3n) is 1.53. The lowest BCUT2D eigenvalue weighted by Crippen LogP contribution is -2.48. The van der Waals surface area contributed by atoms with E-state index in [1.54, 1.807) is 0 Å². The van der Waals surface area contributed by atoms with Gasteiger partial charge in [0.2, 0.25) is 0 Å². The first kappa shape index (κ1) is 6.38. The van der Waals surface area contributed by atoms with Gasteiger partial charge in [0, 0.05) is 19.0 Å². The Balaban J connectivity index is 2.13. The molecule has 0 unspecified atom stereocenters. The van der Waals surface area contributed by atoms with Crippen LogP contribution in [0.1, 0.15) is 0 Å². The van der Waals surface area contributed by atoms with Crippen LogP contribution in [0.4, 0.5) is 0 Å². The van der Waals surface area contributed by atoms with Gasteiger partial charge in [0.15, 0.2) is 0 Å². The van der Waals surface area contributed by atoms with Crippen molar-refractivity contribution in [2.45, 2.75) is 0 Å². The highest BCUT2D eigenvalue weighted by atomic mass is 16.1. The van der Waals surface area contributed by atoms with Crippen LogP contribution in [0.2, 0.25) is 0 Å². The Morgan fingerprint density at radius 2 is 2.44 bits per heavy atom. The second-order valence-electron chi connectivity index (χ2n) is 2.25. The molecule has 1 rings (SSSR count). The van der Waals surface area contributed by atoms with Crippen molar-refractivity contribution < 1.29 is 4.79 Å². The van der Waals surface area contributed by atoms with Gasteiger partial charge in [-0.3, -0.25) is 0 Å². The minimum absolute atomic E-state index is 0.393. The zero-order valence-corrected chi connectivity index (χ0v) is 5.21. The van der Waals surface area contributed by atoms with Gasteiger partial charge in [-0.1, -0.05) is 0 Å². The van der Waals surface area contributed by atoms with Gasteiger partial charge in [0.05, 0.1) is 6.19 Å². The first-order valence-corrected chi connectivity index (χ1v) is 2.99. The highest BCUT2D eigenvalue weighted by Crippen LogP contribution is 2.10. The molecule has 0 aromatic rings. The highest BCUT2D eigenvalue weighted by molar-refractivity contribution is 6.64. The molecule has 2 nitrogen and oxygen atoms in total. The van der Waals surface area contributed by atoms with Crippen LogP contribution in [0, 0.1) is 18.3 Å². The number of carbonyl (C=O) groups is 1. The minimum atomic E-state index is 0.393. The second-order valence-corrected chi connectivity index (χ2v) is 2.25. The molecule has 0 atom stereocenters. The second kappa shape index (κ2) is 2.70. The molecule has 1 aliphatic heterocycles. The van der Waals surface area contributed by atoms with E-state index < -0.39 is 0 Å². The molecule has 1 aliphatic rings. The van der Waals surface area contributed by atoms with Crippen molar-refractivity contribution in [3.05, 3.63) is 0 Å². The summed E-state index contributed by atoms with van der Waals surface area (Å²) < 4.78 is 0. The predicted molar refractivity (Wildman–Crippen MR) is 37.8 cm³/mol. The van der Waals surface area contributed by atoms with Crippen molar-refractivity contribution in [2.75, 3.05) is 13.1 Å². The molecular formula is C6H8BNO. The molecule has 0 N–H and O–H groups in total. The molecule has 3 heteroatoms. The van der Waals surface area contributed by atoms with Crippen LogP contribution < -0.4 is 0 Å². The SMILES string of the molecule is C#CC1CN(BC=O)C1. The number of rotatable bonds is 2. The number of hydrogen-bond acceptors (Lipinski definition) is 2. The maximum Gasteiger partial charge on any atom is 0.281 e. The Kier molecular flexibility index (Phi) is 1.91. The van der Waals surface area contributed by atoms with Gasteiger partial charge in [-0.2, -0.15) is 0 Å². The van der Waals surface area contributed by atoms with Crippen LogP contribution in [0.3, 0.4) is 0 Å². The standard InChI is InChI=1S/C6H8BNO/c1-2-6-3-8(4-6)7-5-9/h1,5-7H,3-4H2. The third-order valence-corrected chi connectivity index (χ3v) is 1.53. The lowest BCUT2D eigenvalue weighted by Gasteiger charge is -2.34. The number of nitrogens with zero attached hydrogens (tertiary/aromatic N) is 1. The van der Waals surface area contributed by atoms with E-state index in [2.05, 4.69) is 5.92 Å². The summed E-state index contributed by atoms with van der Waals surface area (Å²) in [6, 6.07) is 0. The summed E-state index contributed by atoms with van der Waals surface area (Å²) in [6.07, 6.45) is 6.04. The molecule has 46 valence electrons. The van der Waals surface area contributed by atoms with Crippen LogP contribution in [-0.4, -0.2) is 31.5 Å². The van der Waals surface area contributed by atoms with Crippen molar-refractivity contribution in [2.24, 2.45) is 5.92 Å². The Morgan fingerprint density at radius 3 is 2.89 bits per heavy atom. The van der Waals surface area contributed by atoms with E-state index in [9.17, 15) is 4.79 Å². The first-order valence-electron chi connectivity index (χ1n) is 2.99. The Bertz CT molecular complexity index is 146. The average Bonchev–Trinajstić information content (AvgIpc) is 1.77. The topological polar surface area (TPSA) is 20.3 Å². The predicted octanol–water partition coefficient (Wildman–Crippen LogP) is -0.907. The van der Waals surface area contributed by atoms with Crippen molar-refractivity contribution in [3.8, 4) is 12.3 Å². The van der Waals surface area contributed by atoms with Gasteiger partial charge in [-0.05, 0) is 0 Å². The molecule has 0 aromatic heterocycles. The fourth-order valence-corrected chi connectivity index (χ4v) is 0.930. The quantitative estimate of drug-likeness (QED) is 0.268.